The molecule has 2 aromatic rings. The van der Waals surface area contributed by atoms with Gasteiger partial charge in [-0.25, -0.2) is 4.68 Å². The van der Waals surface area contributed by atoms with Crippen LogP contribution in [0.1, 0.15) is 53.4 Å². The van der Waals surface area contributed by atoms with Gasteiger partial charge in [0.1, 0.15) is 11.8 Å². The first-order valence-electron chi connectivity index (χ1n) is 9.26. The Hall–Kier alpha value is -2.42. The van der Waals surface area contributed by atoms with Gasteiger partial charge in [-0.3, -0.25) is 4.79 Å². The Morgan fingerprint density at radius 1 is 1.29 bits per heavy atom. The van der Waals surface area contributed by atoms with Gasteiger partial charge < -0.3 is 9.64 Å². The van der Waals surface area contributed by atoms with E-state index in [1.54, 1.807) is 18.0 Å². The molecule has 1 atom stereocenters. The van der Waals surface area contributed by atoms with E-state index in [0.717, 1.165) is 37.8 Å². The lowest BCUT2D eigenvalue weighted by molar-refractivity contribution is -0.138. The van der Waals surface area contributed by atoms with Crippen molar-refractivity contribution in [3.63, 3.8) is 0 Å². The van der Waals surface area contributed by atoms with Crippen LogP contribution in [0, 0.1) is 0 Å². The van der Waals surface area contributed by atoms with Gasteiger partial charge >= 0.3 is 6.18 Å². The molecular weight excluding hydrogens is 373 g/mol. The molecule has 1 saturated carbocycles. The molecule has 2 aliphatic rings. The van der Waals surface area contributed by atoms with E-state index in [1.165, 1.54) is 16.9 Å². The second-order valence-electron chi connectivity index (χ2n) is 7.51. The number of carbonyl (C=O) groups excluding carboxylic acids is 1. The minimum Gasteiger partial charge on any atom is -0.369 e. The largest absolute Gasteiger partial charge is 0.416 e. The van der Waals surface area contributed by atoms with Crippen molar-refractivity contribution < 1.29 is 22.7 Å². The fraction of sp³-hybridized carbons (Fsp3) is 0.526. The molecule has 0 radical (unpaired) electrons. The summed E-state index contributed by atoms with van der Waals surface area (Å²) < 4.78 is 46.7. The van der Waals surface area contributed by atoms with Crippen molar-refractivity contribution in [3.8, 4) is 0 Å². The number of alkyl halides is 3. The van der Waals surface area contributed by atoms with Gasteiger partial charge in [-0.2, -0.15) is 13.2 Å². The van der Waals surface area contributed by atoms with Gasteiger partial charge in [-0.05, 0) is 30.5 Å². The van der Waals surface area contributed by atoms with E-state index >= 15 is 0 Å². The fourth-order valence-electron chi connectivity index (χ4n) is 4.23. The molecule has 0 bridgehead atoms. The van der Waals surface area contributed by atoms with Gasteiger partial charge in [0.15, 0.2) is 0 Å². The molecule has 1 aliphatic heterocycles. The third kappa shape index (κ3) is 3.28. The smallest absolute Gasteiger partial charge is 0.369 e. The van der Waals surface area contributed by atoms with Crippen molar-refractivity contribution in [2.45, 2.75) is 43.5 Å². The molecule has 1 amide bonds. The highest BCUT2D eigenvalue weighted by molar-refractivity contribution is 5.93. The zero-order valence-electron chi connectivity index (χ0n) is 15.4. The molecule has 28 heavy (non-hydrogen) atoms. The standard InChI is InChI=1S/C19H21F3N4O2/c1-25-15(10-23-24-25)17(27)26-11-16(28-12-18(26)7-2-3-8-18)13-5-4-6-14(9-13)19(20,21)22/h4-6,9-10,16H,2-3,7-8,11-12H2,1H3/t16-/m0/s1. The van der Waals surface area contributed by atoms with E-state index in [1.807, 2.05) is 0 Å². The third-order valence-electron chi connectivity index (χ3n) is 5.77. The van der Waals surface area contributed by atoms with E-state index in [2.05, 4.69) is 10.3 Å². The second-order valence-corrected chi connectivity index (χ2v) is 7.51. The molecule has 1 aromatic heterocycles. The molecule has 150 valence electrons. The lowest BCUT2D eigenvalue weighted by Gasteiger charge is -2.47. The van der Waals surface area contributed by atoms with Gasteiger partial charge in [-0.15, -0.1) is 5.10 Å². The molecular formula is C19H21F3N4O2. The van der Waals surface area contributed by atoms with Crippen LogP contribution in [-0.4, -0.2) is 44.5 Å². The first-order chi connectivity index (χ1) is 13.3. The number of hydrogen-bond donors (Lipinski definition) is 0. The van der Waals surface area contributed by atoms with E-state index in [0.29, 0.717) is 17.9 Å². The summed E-state index contributed by atoms with van der Waals surface area (Å²) in [5, 5.41) is 7.60. The van der Waals surface area contributed by atoms with Gasteiger partial charge in [0.25, 0.3) is 5.91 Å². The Balaban J connectivity index is 1.65. The average Bonchev–Trinajstić information content (AvgIpc) is 3.31. The predicted molar refractivity (Wildman–Crippen MR) is 93.4 cm³/mol. The van der Waals surface area contributed by atoms with Crippen LogP contribution in [0.3, 0.4) is 0 Å². The maximum Gasteiger partial charge on any atom is 0.416 e. The van der Waals surface area contributed by atoms with E-state index in [-0.39, 0.29) is 12.5 Å². The molecule has 4 rings (SSSR count). The van der Waals surface area contributed by atoms with Crippen LogP contribution in [0.5, 0.6) is 0 Å². The Morgan fingerprint density at radius 3 is 2.68 bits per heavy atom. The van der Waals surface area contributed by atoms with Gasteiger partial charge in [0.2, 0.25) is 0 Å². The number of benzene rings is 1. The Morgan fingerprint density at radius 2 is 2.04 bits per heavy atom. The number of hydrogen-bond acceptors (Lipinski definition) is 4. The first-order valence-corrected chi connectivity index (χ1v) is 9.26. The lowest BCUT2D eigenvalue weighted by Crippen LogP contribution is -2.58. The van der Waals surface area contributed by atoms with Crippen molar-refractivity contribution in [3.05, 3.63) is 47.3 Å². The molecule has 6 nitrogen and oxygen atoms in total. The van der Waals surface area contributed by atoms with Crippen LogP contribution in [0.2, 0.25) is 0 Å². The summed E-state index contributed by atoms with van der Waals surface area (Å²) in [6.07, 6.45) is 0.000382. The molecule has 1 spiro atoms. The number of ether oxygens (including phenoxy) is 1. The van der Waals surface area contributed by atoms with E-state index < -0.39 is 23.4 Å². The van der Waals surface area contributed by atoms with Crippen molar-refractivity contribution in [1.29, 1.82) is 0 Å². The molecule has 1 aromatic carbocycles. The normalized spacial score (nSPS) is 22.0. The summed E-state index contributed by atoms with van der Waals surface area (Å²) in [5.41, 5.74) is -0.359. The van der Waals surface area contributed by atoms with Crippen LogP contribution in [0.4, 0.5) is 13.2 Å². The number of morpholine rings is 1. The number of halogens is 3. The molecule has 2 heterocycles. The van der Waals surface area contributed by atoms with Crippen LogP contribution >= 0.6 is 0 Å². The highest BCUT2D eigenvalue weighted by Gasteiger charge is 2.47. The van der Waals surface area contributed by atoms with Crippen LogP contribution < -0.4 is 0 Å². The summed E-state index contributed by atoms with van der Waals surface area (Å²) in [5.74, 6) is -0.213. The van der Waals surface area contributed by atoms with Gasteiger partial charge in [0, 0.05) is 7.05 Å². The zero-order chi connectivity index (χ0) is 19.9. The van der Waals surface area contributed by atoms with E-state index in [4.69, 9.17) is 4.74 Å². The van der Waals surface area contributed by atoms with Crippen LogP contribution in [-0.2, 0) is 18.0 Å². The summed E-state index contributed by atoms with van der Waals surface area (Å²) in [4.78, 5) is 15.0. The van der Waals surface area contributed by atoms with Gasteiger partial charge in [0.05, 0.1) is 30.5 Å². The molecule has 1 saturated heterocycles. The van der Waals surface area contributed by atoms with Crippen molar-refractivity contribution >= 4 is 5.91 Å². The average molecular weight is 394 g/mol. The Kier molecular flexibility index (Phi) is 4.65. The zero-order valence-corrected chi connectivity index (χ0v) is 15.4. The molecule has 2 fully saturated rings. The Bertz CT molecular complexity index is 874. The SMILES string of the molecule is Cn1nncc1C(=O)N1C[C@@H](c2cccc(C(F)(F)F)c2)OCC12CCCC2. The molecule has 9 heteroatoms. The minimum absolute atomic E-state index is 0.200. The van der Waals surface area contributed by atoms with Crippen LogP contribution in [0.25, 0.3) is 0 Å². The highest BCUT2D eigenvalue weighted by Crippen LogP contribution is 2.42. The molecule has 1 aliphatic carbocycles. The summed E-state index contributed by atoms with van der Waals surface area (Å²) in [7, 11) is 1.65. The van der Waals surface area contributed by atoms with E-state index in [9.17, 15) is 18.0 Å². The summed E-state index contributed by atoms with van der Waals surface area (Å²) >= 11 is 0. The molecule has 0 N–H and O–H groups in total. The van der Waals surface area contributed by atoms with Crippen molar-refractivity contribution in [1.82, 2.24) is 19.9 Å². The maximum atomic E-state index is 13.2. The fourth-order valence-corrected chi connectivity index (χ4v) is 4.23. The topological polar surface area (TPSA) is 60.2 Å². The number of nitrogens with zero attached hydrogens (tertiary/aromatic N) is 4. The third-order valence-corrected chi connectivity index (χ3v) is 5.77. The highest BCUT2D eigenvalue weighted by atomic mass is 19.4. The number of amides is 1. The number of aromatic nitrogens is 3. The number of carbonyl (C=O) groups is 1. The summed E-state index contributed by atoms with van der Waals surface area (Å²) in [6.45, 7) is 0.510. The molecule has 0 unspecified atom stereocenters. The number of aryl methyl sites for hydroxylation is 1. The number of rotatable bonds is 2. The quantitative estimate of drug-likeness (QED) is 0.784. The Labute approximate surface area is 160 Å². The lowest BCUT2D eigenvalue weighted by atomic mass is 9.91. The predicted octanol–water partition coefficient (Wildman–Crippen LogP) is 3.36. The minimum atomic E-state index is -4.42. The second kappa shape index (κ2) is 6.88. The van der Waals surface area contributed by atoms with Crippen molar-refractivity contribution in [2.24, 2.45) is 7.05 Å². The monoisotopic (exact) mass is 394 g/mol. The van der Waals surface area contributed by atoms with Crippen molar-refractivity contribution in [2.75, 3.05) is 13.2 Å². The van der Waals surface area contributed by atoms with Crippen LogP contribution in [0.15, 0.2) is 30.5 Å². The maximum absolute atomic E-state index is 13.2. The summed E-state index contributed by atoms with van der Waals surface area (Å²) in [6, 6.07) is 5.13. The van der Waals surface area contributed by atoms with Gasteiger partial charge in [-0.1, -0.05) is 30.2 Å². The first kappa shape index (κ1) is 18.9.